The first-order valence-corrected chi connectivity index (χ1v) is 6.82. The van der Waals surface area contributed by atoms with E-state index >= 15 is 0 Å². The summed E-state index contributed by atoms with van der Waals surface area (Å²) in [4.78, 5) is 2.39. The lowest BCUT2D eigenvalue weighted by molar-refractivity contribution is 0.388. The number of rotatable bonds is 3. The van der Waals surface area contributed by atoms with Crippen LogP contribution in [0.1, 0.15) is 13.8 Å². The molecule has 0 amide bonds. The molecule has 1 aliphatic rings. The van der Waals surface area contributed by atoms with E-state index in [4.69, 9.17) is 16.3 Å². The van der Waals surface area contributed by atoms with Gasteiger partial charge in [0.1, 0.15) is 5.75 Å². The maximum absolute atomic E-state index is 6.34. The predicted molar refractivity (Wildman–Crippen MR) is 76.8 cm³/mol. The maximum atomic E-state index is 6.34. The van der Waals surface area contributed by atoms with Gasteiger partial charge in [0.15, 0.2) is 0 Å². The fourth-order valence-electron chi connectivity index (χ4n) is 2.46. The van der Waals surface area contributed by atoms with E-state index in [0.29, 0.717) is 12.0 Å². The number of halogens is 1. The highest BCUT2D eigenvalue weighted by Gasteiger charge is 2.26. The Labute approximate surface area is 114 Å². The van der Waals surface area contributed by atoms with Crippen molar-refractivity contribution in [2.75, 3.05) is 31.6 Å². The Morgan fingerprint density at radius 1 is 1.44 bits per heavy atom. The highest BCUT2D eigenvalue weighted by molar-refractivity contribution is 6.33. The molecule has 1 saturated heterocycles. The smallest absolute Gasteiger partial charge is 0.121 e. The van der Waals surface area contributed by atoms with Gasteiger partial charge in [0.25, 0.3) is 0 Å². The van der Waals surface area contributed by atoms with E-state index in [0.717, 1.165) is 36.1 Å². The van der Waals surface area contributed by atoms with Crippen molar-refractivity contribution in [3.63, 3.8) is 0 Å². The highest BCUT2D eigenvalue weighted by Crippen LogP contribution is 2.33. The molecule has 4 heteroatoms. The van der Waals surface area contributed by atoms with E-state index in [1.54, 1.807) is 7.11 Å². The van der Waals surface area contributed by atoms with Gasteiger partial charge in [-0.05, 0) is 18.1 Å². The van der Waals surface area contributed by atoms with Crippen LogP contribution in [-0.2, 0) is 0 Å². The second-order valence-electron chi connectivity index (χ2n) is 5.03. The molecule has 0 aromatic heterocycles. The largest absolute Gasteiger partial charge is 0.497 e. The first-order valence-electron chi connectivity index (χ1n) is 6.44. The number of hydrogen-bond donors (Lipinski definition) is 1. The summed E-state index contributed by atoms with van der Waals surface area (Å²) in [6.45, 7) is 7.48. The van der Waals surface area contributed by atoms with Crippen molar-refractivity contribution >= 4 is 17.3 Å². The van der Waals surface area contributed by atoms with Gasteiger partial charge in [0.05, 0.1) is 17.8 Å². The van der Waals surface area contributed by atoms with E-state index < -0.39 is 0 Å². The summed E-state index contributed by atoms with van der Waals surface area (Å²) in [5.41, 5.74) is 1.08. The van der Waals surface area contributed by atoms with Crippen LogP contribution < -0.4 is 15.0 Å². The normalized spacial score (nSPS) is 20.3. The molecule has 1 heterocycles. The SMILES string of the molecule is COc1ccc(Cl)c(N2CCNCC2C(C)C)c1. The standard InChI is InChI=1S/C14H21ClN2O/c1-10(2)14-9-16-6-7-17(14)13-8-11(18-3)4-5-12(13)15/h4-5,8,10,14,16H,6-7,9H2,1-3H3. The molecule has 0 bridgehead atoms. The zero-order valence-electron chi connectivity index (χ0n) is 11.2. The molecule has 0 aliphatic carbocycles. The van der Waals surface area contributed by atoms with Crippen LogP contribution in [0.2, 0.25) is 5.02 Å². The number of anilines is 1. The molecule has 3 nitrogen and oxygen atoms in total. The Morgan fingerprint density at radius 3 is 2.89 bits per heavy atom. The average molecular weight is 269 g/mol. The molecule has 18 heavy (non-hydrogen) atoms. The molecule has 0 spiro atoms. The van der Waals surface area contributed by atoms with E-state index in [-0.39, 0.29) is 0 Å². The summed E-state index contributed by atoms with van der Waals surface area (Å²) in [6, 6.07) is 6.32. The molecule has 1 unspecified atom stereocenters. The third-order valence-electron chi connectivity index (χ3n) is 3.52. The van der Waals surface area contributed by atoms with Crippen molar-refractivity contribution in [2.24, 2.45) is 5.92 Å². The molecule has 100 valence electrons. The molecule has 1 atom stereocenters. The zero-order chi connectivity index (χ0) is 13.1. The van der Waals surface area contributed by atoms with Gasteiger partial charge in [0.2, 0.25) is 0 Å². The first kappa shape index (κ1) is 13.5. The van der Waals surface area contributed by atoms with Crippen molar-refractivity contribution in [1.29, 1.82) is 0 Å². The van der Waals surface area contributed by atoms with Crippen molar-refractivity contribution in [3.05, 3.63) is 23.2 Å². The minimum Gasteiger partial charge on any atom is -0.497 e. The summed E-state index contributed by atoms with van der Waals surface area (Å²) >= 11 is 6.34. The number of piperazine rings is 1. The molecule has 2 rings (SSSR count). The monoisotopic (exact) mass is 268 g/mol. The Kier molecular flexibility index (Phi) is 4.36. The van der Waals surface area contributed by atoms with Crippen molar-refractivity contribution < 1.29 is 4.74 Å². The third kappa shape index (κ3) is 2.73. The van der Waals surface area contributed by atoms with Gasteiger partial charge in [-0.25, -0.2) is 0 Å². The molecule has 1 fully saturated rings. The molecule has 0 radical (unpaired) electrons. The Hall–Kier alpha value is -0.930. The lowest BCUT2D eigenvalue weighted by Crippen LogP contribution is -2.53. The van der Waals surface area contributed by atoms with Crippen molar-refractivity contribution in [2.45, 2.75) is 19.9 Å². The summed E-state index contributed by atoms with van der Waals surface area (Å²) in [5, 5.41) is 4.24. The van der Waals surface area contributed by atoms with E-state index in [1.165, 1.54) is 0 Å². The second kappa shape index (κ2) is 5.81. The second-order valence-corrected chi connectivity index (χ2v) is 5.43. The molecular formula is C14H21ClN2O. The van der Waals surface area contributed by atoms with Gasteiger partial charge in [-0.2, -0.15) is 0 Å². The maximum Gasteiger partial charge on any atom is 0.121 e. The summed E-state index contributed by atoms with van der Waals surface area (Å²) in [7, 11) is 1.69. The molecule has 1 N–H and O–H groups in total. The van der Waals surface area contributed by atoms with E-state index in [9.17, 15) is 0 Å². The molecular weight excluding hydrogens is 248 g/mol. The van der Waals surface area contributed by atoms with E-state index in [1.807, 2.05) is 18.2 Å². The minimum atomic E-state index is 0.475. The first-order chi connectivity index (χ1) is 8.63. The Bertz CT molecular complexity index is 409. The zero-order valence-corrected chi connectivity index (χ0v) is 12.0. The summed E-state index contributed by atoms with van der Waals surface area (Å²) in [5.74, 6) is 1.44. The molecule has 1 aliphatic heterocycles. The molecule has 1 aromatic carbocycles. The van der Waals surface area contributed by atoms with Crippen LogP contribution in [0.4, 0.5) is 5.69 Å². The fraction of sp³-hybridized carbons (Fsp3) is 0.571. The van der Waals surface area contributed by atoms with Crippen molar-refractivity contribution in [1.82, 2.24) is 5.32 Å². The van der Waals surface area contributed by atoms with E-state index in [2.05, 4.69) is 24.1 Å². The topological polar surface area (TPSA) is 24.5 Å². The van der Waals surface area contributed by atoms with Gasteiger partial charge in [-0.1, -0.05) is 25.4 Å². The lowest BCUT2D eigenvalue weighted by atomic mass is 9.99. The minimum absolute atomic E-state index is 0.475. The summed E-state index contributed by atoms with van der Waals surface area (Å²) < 4.78 is 5.30. The number of hydrogen-bond acceptors (Lipinski definition) is 3. The van der Waals surface area contributed by atoms with Crippen LogP contribution in [0.5, 0.6) is 5.75 Å². The molecule has 0 saturated carbocycles. The van der Waals surface area contributed by atoms with Gasteiger partial charge in [0, 0.05) is 31.7 Å². The Balaban J connectivity index is 2.32. The van der Waals surface area contributed by atoms with Crippen LogP contribution in [0, 0.1) is 5.92 Å². The van der Waals surface area contributed by atoms with Crippen LogP contribution in [0.3, 0.4) is 0 Å². The molecule has 1 aromatic rings. The third-order valence-corrected chi connectivity index (χ3v) is 3.84. The van der Waals surface area contributed by atoms with Gasteiger partial charge >= 0.3 is 0 Å². The highest BCUT2D eigenvalue weighted by atomic mass is 35.5. The van der Waals surface area contributed by atoms with Crippen LogP contribution in [-0.4, -0.2) is 32.8 Å². The lowest BCUT2D eigenvalue weighted by Gasteiger charge is -2.40. The Morgan fingerprint density at radius 2 is 2.22 bits per heavy atom. The quantitative estimate of drug-likeness (QED) is 0.912. The summed E-state index contributed by atoms with van der Waals surface area (Å²) in [6.07, 6.45) is 0. The average Bonchev–Trinajstić information content (AvgIpc) is 2.39. The van der Waals surface area contributed by atoms with Crippen LogP contribution >= 0.6 is 11.6 Å². The van der Waals surface area contributed by atoms with Gasteiger partial charge in [-0.15, -0.1) is 0 Å². The fourth-order valence-corrected chi connectivity index (χ4v) is 2.69. The van der Waals surface area contributed by atoms with Crippen molar-refractivity contribution in [3.8, 4) is 5.75 Å². The number of methoxy groups -OCH3 is 1. The van der Waals surface area contributed by atoms with Gasteiger partial charge in [-0.3, -0.25) is 0 Å². The van der Waals surface area contributed by atoms with Gasteiger partial charge < -0.3 is 15.0 Å². The number of nitrogens with one attached hydrogen (secondary N) is 1. The van der Waals surface area contributed by atoms with Crippen LogP contribution in [0.25, 0.3) is 0 Å². The number of nitrogens with zero attached hydrogens (tertiary/aromatic N) is 1. The number of benzene rings is 1. The number of ether oxygens (including phenoxy) is 1. The predicted octanol–water partition coefficient (Wildman–Crippen LogP) is 2.78. The van der Waals surface area contributed by atoms with Crippen LogP contribution in [0.15, 0.2) is 18.2 Å².